The quantitative estimate of drug-likeness (QED) is 0.148. The van der Waals surface area contributed by atoms with Crippen molar-refractivity contribution >= 4 is 0 Å². The number of hydrogen-bond donors (Lipinski definition) is 2. The number of ether oxygens (including phenoxy) is 2. The first-order chi connectivity index (χ1) is 20.7. The number of aryl methyl sites for hydroxylation is 2. The molecule has 5 rings (SSSR count). The minimum atomic E-state index is -0.529. The van der Waals surface area contributed by atoms with Crippen LogP contribution in [0.15, 0.2) is 84.9 Å². The molecule has 4 aromatic rings. The second-order valence-corrected chi connectivity index (χ2v) is 11.2. The summed E-state index contributed by atoms with van der Waals surface area (Å²) in [5, 5.41) is 19.0. The van der Waals surface area contributed by atoms with Crippen LogP contribution in [0.25, 0.3) is 0 Å². The number of aliphatic hydroxyl groups excluding tert-OH is 2. The van der Waals surface area contributed by atoms with E-state index < -0.39 is 5.41 Å². The lowest BCUT2D eigenvalue weighted by Crippen LogP contribution is -2.36. The first-order valence-corrected chi connectivity index (χ1v) is 15.6. The molecule has 0 amide bonds. The van der Waals surface area contributed by atoms with Gasteiger partial charge in [-0.2, -0.15) is 0 Å². The van der Waals surface area contributed by atoms with E-state index >= 15 is 0 Å². The van der Waals surface area contributed by atoms with E-state index in [0.717, 1.165) is 56.4 Å². The van der Waals surface area contributed by atoms with Crippen LogP contribution in [0.3, 0.4) is 0 Å². The molecule has 1 aliphatic rings. The maximum atomic E-state index is 9.48. The van der Waals surface area contributed by atoms with Gasteiger partial charge in [0, 0.05) is 0 Å². The van der Waals surface area contributed by atoms with Gasteiger partial charge in [-0.05, 0) is 88.7 Å². The molecule has 0 bridgehead atoms. The molecule has 42 heavy (non-hydrogen) atoms. The van der Waals surface area contributed by atoms with Gasteiger partial charge < -0.3 is 19.7 Å². The number of unbranched alkanes of at least 4 members (excludes halogenated alkanes) is 2. The largest absolute Gasteiger partial charge is 0.491 e. The van der Waals surface area contributed by atoms with Crippen LogP contribution in [0, 0.1) is 0 Å². The van der Waals surface area contributed by atoms with Crippen molar-refractivity contribution in [3.8, 4) is 11.5 Å². The lowest BCUT2D eigenvalue weighted by Gasteiger charge is -2.43. The molecule has 4 heteroatoms. The van der Waals surface area contributed by atoms with Crippen molar-refractivity contribution in [2.75, 3.05) is 26.4 Å². The first-order valence-electron chi connectivity index (χ1n) is 15.6. The molecule has 0 unspecified atom stereocenters. The number of rotatable bonds is 14. The third kappa shape index (κ3) is 5.84. The standard InChI is InChI=1S/C38H44O4/c1-3-5-11-30-26-32(17-19-36(30)41-23-21-39)38(33-18-20-37(42-24-22-40)31(27-33)12-6-4-2)34-15-9-7-13-28(34)25-29-14-8-10-16-35(29)38/h7-10,13-20,26-27,39-40H,3-6,11-12,21-25H2,1-2H3. The Morgan fingerprint density at radius 1 is 0.619 bits per heavy atom. The summed E-state index contributed by atoms with van der Waals surface area (Å²) in [6.45, 7) is 4.98. The summed E-state index contributed by atoms with van der Waals surface area (Å²) in [5.41, 5.74) is 9.54. The topological polar surface area (TPSA) is 58.9 Å². The predicted molar refractivity (Wildman–Crippen MR) is 170 cm³/mol. The van der Waals surface area contributed by atoms with Crippen LogP contribution in [0.5, 0.6) is 11.5 Å². The van der Waals surface area contributed by atoms with Gasteiger partial charge in [0.1, 0.15) is 24.7 Å². The number of hydrogen-bond acceptors (Lipinski definition) is 4. The Morgan fingerprint density at radius 2 is 1.07 bits per heavy atom. The summed E-state index contributed by atoms with van der Waals surface area (Å²) in [6.07, 6.45) is 7.05. The highest BCUT2D eigenvalue weighted by molar-refractivity contribution is 5.68. The van der Waals surface area contributed by atoms with Gasteiger partial charge >= 0.3 is 0 Å². The molecule has 0 spiro atoms. The SMILES string of the molecule is CCCCc1cc(C2(c3ccc(OCCO)c(CCCC)c3)c3ccccc3Cc3ccccc32)ccc1OCCO. The van der Waals surface area contributed by atoms with Gasteiger partial charge in [0.25, 0.3) is 0 Å². The molecule has 0 atom stereocenters. The zero-order valence-electron chi connectivity index (χ0n) is 25.1. The highest BCUT2D eigenvalue weighted by Gasteiger charge is 2.44. The fourth-order valence-corrected chi connectivity index (χ4v) is 6.56. The Morgan fingerprint density at radius 3 is 1.50 bits per heavy atom. The molecule has 0 saturated carbocycles. The molecule has 0 aliphatic heterocycles. The van der Waals surface area contributed by atoms with Gasteiger partial charge in [0.05, 0.1) is 18.6 Å². The van der Waals surface area contributed by atoms with Crippen LogP contribution in [0.4, 0.5) is 0 Å². The van der Waals surface area contributed by atoms with E-state index in [1.54, 1.807) is 0 Å². The van der Waals surface area contributed by atoms with E-state index in [0.29, 0.717) is 0 Å². The maximum absolute atomic E-state index is 9.48. The summed E-state index contributed by atoms with van der Waals surface area (Å²) in [4.78, 5) is 0. The zero-order valence-corrected chi connectivity index (χ0v) is 25.1. The highest BCUT2D eigenvalue weighted by atomic mass is 16.5. The third-order valence-electron chi connectivity index (χ3n) is 8.51. The monoisotopic (exact) mass is 564 g/mol. The Balaban J connectivity index is 1.81. The number of aliphatic hydroxyl groups is 2. The summed E-state index contributed by atoms with van der Waals surface area (Å²) >= 11 is 0. The molecule has 4 nitrogen and oxygen atoms in total. The van der Waals surface area contributed by atoms with Gasteiger partial charge in [-0.1, -0.05) is 99.5 Å². The summed E-state index contributed by atoms with van der Waals surface area (Å²) in [7, 11) is 0. The van der Waals surface area contributed by atoms with Crippen molar-refractivity contribution in [3.63, 3.8) is 0 Å². The molecule has 220 valence electrons. The van der Waals surface area contributed by atoms with Gasteiger partial charge in [-0.25, -0.2) is 0 Å². The molecule has 0 radical (unpaired) electrons. The molecule has 0 heterocycles. The molecule has 4 aromatic carbocycles. The average molecular weight is 565 g/mol. The van der Waals surface area contributed by atoms with Crippen LogP contribution in [0.1, 0.15) is 84.0 Å². The fourth-order valence-electron chi connectivity index (χ4n) is 6.56. The molecular formula is C38H44O4. The van der Waals surface area contributed by atoms with Crippen LogP contribution in [0.2, 0.25) is 0 Å². The Labute approximate surface area is 251 Å². The summed E-state index contributed by atoms with van der Waals surface area (Å²) in [6, 6.07) is 31.1. The second-order valence-electron chi connectivity index (χ2n) is 11.2. The van der Waals surface area contributed by atoms with E-state index in [-0.39, 0.29) is 26.4 Å². The van der Waals surface area contributed by atoms with Crippen molar-refractivity contribution < 1.29 is 19.7 Å². The Hall–Kier alpha value is -3.60. The first kappa shape index (κ1) is 29.9. The lowest BCUT2D eigenvalue weighted by molar-refractivity contribution is 0.200. The molecule has 1 aliphatic carbocycles. The molecular weight excluding hydrogens is 520 g/mol. The minimum absolute atomic E-state index is 0.00903. The van der Waals surface area contributed by atoms with E-state index in [9.17, 15) is 10.2 Å². The average Bonchev–Trinajstić information content (AvgIpc) is 3.03. The van der Waals surface area contributed by atoms with Crippen LogP contribution < -0.4 is 9.47 Å². The van der Waals surface area contributed by atoms with Crippen molar-refractivity contribution in [2.45, 2.75) is 64.2 Å². The van der Waals surface area contributed by atoms with Gasteiger partial charge in [-0.15, -0.1) is 0 Å². The summed E-state index contributed by atoms with van der Waals surface area (Å²) in [5.74, 6) is 1.70. The van der Waals surface area contributed by atoms with Crippen molar-refractivity contribution in [1.82, 2.24) is 0 Å². The fraction of sp³-hybridized carbons (Fsp3) is 0.368. The minimum Gasteiger partial charge on any atom is -0.491 e. The van der Waals surface area contributed by atoms with Crippen LogP contribution in [-0.2, 0) is 24.7 Å². The smallest absolute Gasteiger partial charge is 0.122 e. The van der Waals surface area contributed by atoms with E-state index in [2.05, 4.69) is 98.8 Å². The van der Waals surface area contributed by atoms with Gasteiger partial charge in [-0.3, -0.25) is 0 Å². The molecule has 0 aromatic heterocycles. The van der Waals surface area contributed by atoms with Crippen LogP contribution >= 0.6 is 0 Å². The highest BCUT2D eigenvalue weighted by Crippen LogP contribution is 2.52. The van der Waals surface area contributed by atoms with E-state index in [1.807, 2.05) is 0 Å². The number of fused-ring (bicyclic) bond motifs is 2. The van der Waals surface area contributed by atoms with E-state index in [4.69, 9.17) is 9.47 Å². The van der Waals surface area contributed by atoms with Crippen LogP contribution in [-0.4, -0.2) is 36.6 Å². The maximum Gasteiger partial charge on any atom is 0.122 e. The zero-order chi connectivity index (χ0) is 29.4. The summed E-state index contributed by atoms with van der Waals surface area (Å²) < 4.78 is 12.1. The Kier molecular flexibility index (Phi) is 9.99. The number of benzene rings is 4. The molecule has 2 N–H and O–H groups in total. The normalized spacial score (nSPS) is 13.3. The van der Waals surface area contributed by atoms with Gasteiger partial charge in [0.15, 0.2) is 0 Å². The van der Waals surface area contributed by atoms with Crippen molar-refractivity contribution in [1.29, 1.82) is 0 Å². The third-order valence-corrected chi connectivity index (χ3v) is 8.51. The van der Waals surface area contributed by atoms with Gasteiger partial charge in [0.2, 0.25) is 0 Å². The lowest BCUT2D eigenvalue weighted by atomic mass is 9.59. The van der Waals surface area contributed by atoms with Crippen molar-refractivity contribution in [3.05, 3.63) is 129 Å². The van der Waals surface area contributed by atoms with E-state index in [1.165, 1.54) is 44.5 Å². The Bertz CT molecular complexity index is 1360. The molecule has 0 fully saturated rings. The second kappa shape index (κ2) is 14.0. The predicted octanol–water partition coefficient (Wildman–Crippen LogP) is 7.40. The molecule has 0 saturated heterocycles. The van der Waals surface area contributed by atoms with Crippen molar-refractivity contribution in [2.24, 2.45) is 0 Å².